The van der Waals surface area contributed by atoms with Crippen LogP contribution in [0.15, 0.2) is 0 Å². The molecule has 0 bridgehead atoms. The van der Waals surface area contributed by atoms with Gasteiger partial charge in [0.05, 0.1) is 17.6 Å². The molecule has 0 radical (unpaired) electrons. The molecule has 3 atom stereocenters. The predicted molar refractivity (Wildman–Crippen MR) is 72.2 cm³/mol. The Morgan fingerprint density at radius 1 is 1.11 bits per heavy atom. The fraction of sp³-hybridized carbons (Fsp3) is 1.00. The smallest absolute Gasteiger partial charge is 0.150 e. The van der Waals surface area contributed by atoms with Gasteiger partial charge in [-0.3, -0.25) is 0 Å². The lowest BCUT2D eigenvalue weighted by atomic mass is 9.89. The lowest BCUT2D eigenvalue weighted by molar-refractivity contribution is 0.0806. The Bertz CT molecular complexity index is 354. The number of aliphatic hydroxyl groups excluding tert-OH is 1. The zero-order chi connectivity index (χ0) is 13.2. The van der Waals surface area contributed by atoms with Crippen LogP contribution in [0.2, 0.25) is 0 Å². The molecule has 1 unspecified atom stereocenters. The molecule has 1 aliphatic heterocycles. The first-order valence-electron chi connectivity index (χ1n) is 7.12. The number of sulfone groups is 1. The van der Waals surface area contributed by atoms with Crippen molar-refractivity contribution in [1.29, 1.82) is 0 Å². The summed E-state index contributed by atoms with van der Waals surface area (Å²) in [5.41, 5.74) is 0. The van der Waals surface area contributed by atoms with Crippen LogP contribution in [0.25, 0.3) is 0 Å². The number of nitrogens with one attached hydrogen (secondary N) is 1. The van der Waals surface area contributed by atoms with Crippen LogP contribution in [0.3, 0.4) is 0 Å². The summed E-state index contributed by atoms with van der Waals surface area (Å²) in [5.74, 6) is 1.09. The van der Waals surface area contributed by atoms with Gasteiger partial charge in [0.25, 0.3) is 0 Å². The Labute approximate surface area is 110 Å². The molecule has 1 aliphatic carbocycles. The highest BCUT2D eigenvalue weighted by molar-refractivity contribution is 7.91. The number of hydrogen-bond donors (Lipinski definition) is 2. The van der Waals surface area contributed by atoms with Crippen LogP contribution in [0.1, 0.15) is 45.4 Å². The average molecular weight is 275 g/mol. The van der Waals surface area contributed by atoms with Gasteiger partial charge in [-0.1, -0.05) is 12.8 Å². The summed E-state index contributed by atoms with van der Waals surface area (Å²) < 4.78 is 22.8. The molecule has 0 aromatic heterocycles. The Balaban J connectivity index is 1.82. The third-order valence-electron chi connectivity index (χ3n) is 4.51. The number of aliphatic hydroxyl groups is 1. The molecule has 2 rings (SSSR count). The molecule has 0 spiro atoms. The van der Waals surface area contributed by atoms with Crippen molar-refractivity contribution < 1.29 is 13.5 Å². The van der Waals surface area contributed by atoms with E-state index in [2.05, 4.69) is 12.2 Å². The van der Waals surface area contributed by atoms with Gasteiger partial charge in [0.2, 0.25) is 0 Å². The Morgan fingerprint density at radius 3 is 2.33 bits per heavy atom. The van der Waals surface area contributed by atoms with E-state index in [1.54, 1.807) is 0 Å². The van der Waals surface area contributed by atoms with E-state index in [-0.39, 0.29) is 12.1 Å². The minimum Gasteiger partial charge on any atom is -0.392 e. The van der Waals surface area contributed by atoms with E-state index in [1.807, 2.05) is 0 Å². The van der Waals surface area contributed by atoms with Crippen LogP contribution in [-0.2, 0) is 9.84 Å². The van der Waals surface area contributed by atoms with Crippen LogP contribution in [0, 0.1) is 5.92 Å². The molecule has 106 valence electrons. The summed E-state index contributed by atoms with van der Waals surface area (Å²) in [7, 11) is -2.77. The highest BCUT2D eigenvalue weighted by Gasteiger charge is 2.30. The van der Waals surface area contributed by atoms with Crippen LogP contribution < -0.4 is 5.32 Å². The van der Waals surface area contributed by atoms with Gasteiger partial charge in [-0.2, -0.15) is 0 Å². The van der Waals surface area contributed by atoms with E-state index in [0.29, 0.717) is 23.5 Å². The average Bonchev–Trinajstić information content (AvgIpc) is 2.32. The minimum atomic E-state index is -2.77. The second-order valence-corrected chi connectivity index (χ2v) is 8.21. The largest absolute Gasteiger partial charge is 0.392 e. The quantitative estimate of drug-likeness (QED) is 0.809. The zero-order valence-electron chi connectivity index (χ0n) is 11.1. The molecule has 1 heterocycles. The Morgan fingerprint density at radius 2 is 1.72 bits per heavy atom. The van der Waals surface area contributed by atoms with Crippen LogP contribution in [0.5, 0.6) is 0 Å². The van der Waals surface area contributed by atoms with E-state index in [0.717, 1.165) is 32.1 Å². The van der Waals surface area contributed by atoms with Crippen molar-refractivity contribution in [2.24, 2.45) is 5.92 Å². The van der Waals surface area contributed by atoms with Crippen molar-refractivity contribution in [3.05, 3.63) is 0 Å². The van der Waals surface area contributed by atoms with Crippen LogP contribution in [-0.4, -0.2) is 43.2 Å². The molecule has 2 aliphatic rings. The maximum Gasteiger partial charge on any atom is 0.150 e. The van der Waals surface area contributed by atoms with E-state index in [9.17, 15) is 13.5 Å². The molecule has 4 nitrogen and oxygen atoms in total. The van der Waals surface area contributed by atoms with Gasteiger partial charge in [-0.05, 0) is 38.5 Å². The second-order valence-electron chi connectivity index (χ2n) is 5.90. The van der Waals surface area contributed by atoms with Crippen molar-refractivity contribution in [3.63, 3.8) is 0 Å². The molecule has 0 aromatic carbocycles. The third-order valence-corrected chi connectivity index (χ3v) is 6.23. The monoisotopic (exact) mass is 275 g/mol. The van der Waals surface area contributed by atoms with Gasteiger partial charge in [0, 0.05) is 12.1 Å². The first kappa shape index (κ1) is 14.3. The number of hydrogen-bond acceptors (Lipinski definition) is 4. The van der Waals surface area contributed by atoms with E-state index < -0.39 is 9.84 Å². The van der Waals surface area contributed by atoms with E-state index >= 15 is 0 Å². The highest BCUT2D eigenvalue weighted by atomic mass is 32.2. The predicted octanol–water partition coefficient (Wildman–Crippen LogP) is 1.09. The van der Waals surface area contributed by atoms with Gasteiger partial charge in [-0.15, -0.1) is 0 Å². The van der Waals surface area contributed by atoms with Crippen LogP contribution in [0.4, 0.5) is 0 Å². The zero-order valence-corrected chi connectivity index (χ0v) is 12.0. The normalized spacial score (nSPS) is 35.2. The number of rotatable bonds is 3. The Kier molecular flexibility index (Phi) is 4.67. The lowest BCUT2D eigenvalue weighted by Crippen LogP contribution is -2.49. The van der Waals surface area contributed by atoms with Gasteiger partial charge in [0.1, 0.15) is 9.84 Å². The maximum atomic E-state index is 11.4. The molecule has 5 heteroatoms. The summed E-state index contributed by atoms with van der Waals surface area (Å²) in [4.78, 5) is 0. The van der Waals surface area contributed by atoms with Crippen molar-refractivity contribution >= 4 is 9.84 Å². The fourth-order valence-corrected chi connectivity index (χ4v) is 4.72. The summed E-state index contributed by atoms with van der Waals surface area (Å²) in [6.45, 7) is 2.13. The van der Waals surface area contributed by atoms with Gasteiger partial charge in [0.15, 0.2) is 0 Å². The minimum absolute atomic E-state index is 0.201. The molecule has 2 fully saturated rings. The first-order valence-corrected chi connectivity index (χ1v) is 8.94. The third kappa shape index (κ3) is 3.68. The molecule has 0 aromatic rings. The van der Waals surface area contributed by atoms with Crippen molar-refractivity contribution in [3.8, 4) is 0 Å². The van der Waals surface area contributed by atoms with Crippen LogP contribution >= 0.6 is 0 Å². The standard InChI is InChI=1S/C13H25NO3S/c1-10(11-6-8-18(16,17)9-7-11)14-12-4-2-3-5-13(12)15/h10-15H,2-9H2,1H3/t10?,12-,13-/m1/s1. The molecule has 2 N–H and O–H groups in total. The van der Waals surface area contributed by atoms with Crippen molar-refractivity contribution in [1.82, 2.24) is 5.32 Å². The van der Waals surface area contributed by atoms with Crippen molar-refractivity contribution in [2.75, 3.05) is 11.5 Å². The Hall–Kier alpha value is -0.130. The maximum absolute atomic E-state index is 11.4. The highest BCUT2D eigenvalue weighted by Crippen LogP contribution is 2.24. The SMILES string of the molecule is CC(N[C@@H]1CCCC[C@H]1O)C1CCS(=O)(=O)CC1. The molecule has 1 saturated heterocycles. The molecular formula is C13H25NO3S. The topological polar surface area (TPSA) is 66.4 Å². The summed E-state index contributed by atoms with van der Waals surface area (Å²) in [6.07, 6.45) is 5.53. The summed E-state index contributed by atoms with van der Waals surface area (Å²) >= 11 is 0. The molecule has 0 amide bonds. The fourth-order valence-electron chi connectivity index (χ4n) is 3.19. The lowest BCUT2D eigenvalue weighted by Gasteiger charge is -2.35. The van der Waals surface area contributed by atoms with Gasteiger partial charge in [-0.25, -0.2) is 8.42 Å². The van der Waals surface area contributed by atoms with E-state index in [4.69, 9.17) is 0 Å². The molecule has 1 saturated carbocycles. The summed E-state index contributed by atoms with van der Waals surface area (Å²) in [5, 5.41) is 13.5. The molecule has 18 heavy (non-hydrogen) atoms. The first-order chi connectivity index (χ1) is 8.48. The van der Waals surface area contributed by atoms with Gasteiger partial charge < -0.3 is 10.4 Å². The van der Waals surface area contributed by atoms with Crippen molar-refractivity contribution in [2.45, 2.75) is 63.6 Å². The second kappa shape index (κ2) is 5.88. The van der Waals surface area contributed by atoms with Gasteiger partial charge >= 0.3 is 0 Å². The molecular weight excluding hydrogens is 250 g/mol. The summed E-state index contributed by atoms with van der Waals surface area (Å²) in [6, 6.07) is 0.505. The van der Waals surface area contributed by atoms with E-state index in [1.165, 1.54) is 6.42 Å².